The van der Waals surface area contributed by atoms with Gasteiger partial charge in [0.1, 0.15) is 17.0 Å². The third-order valence-corrected chi connectivity index (χ3v) is 4.25. The molecule has 0 aliphatic rings. The third kappa shape index (κ3) is 4.01. The van der Waals surface area contributed by atoms with Crippen LogP contribution in [0.1, 0.15) is 17.3 Å². The number of fused-ring (bicyclic) bond motifs is 1. The lowest BCUT2D eigenvalue weighted by Crippen LogP contribution is -2.30. The van der Waals surface area contributed by atoms with E-state index in [0.29, 0.717) is 33.3 Å². The van der Waals surface area contributed by atoms with Crippen LogP contribution in [0, 0.1) is 0 Å². The molecule has 0 saturated heterocycles. The molecule has 2 aromatic carbocycles. The highest BCUT2D eigenvalue weighted by atomic mass is 35.5. The maximum absolute atomic E-state index is 12.4. The maximum Gasteiger partial charge on any atom is 0.338 e. The van der Waals surface area contributed by atoms with Gasteiger partial charge in [-0.1, -0.05) is 11.6 Å². The molecule has 0 fully saturated rings. The summed E-state index contributed by atoms with van der Waals surface area (Å²) in [7, 11) is 2.92. The molecule has 0 bridgehead atoms. The summed E-state index contributed by atoms with van der Waals surface area (Å²) in [5.74, 6) is -0.452. The van der Waals surface area contributed by atoms with E-state index in [1.54, 1.807) is 12.1 Å². The van der Waals surface area contributed by atoms with Gasteiger partial charge in [0.25, 0.3) is 5.91 Å². The van der Waals surface area contributed by atoms with Gasteiger partial charge in [0, 0.05) is 6.07 Å². The first-order valence-corrected chi connectivity index (χ1v) is 8.57. The van der Waals surface area contributed by atoms with Crippen molar-refractivity contribution in [3.8, 4) is 11.5 Å². The van der Waals surface area contributed by atoms with E-state index in [-0.39, 0.29) is 5.56 Å². The van der Waals surface area contributed by atoms with Gasteiger partial charge in [0.05, 0.1) is 30.5 Å². The number of aromatic nitrogens is 1. The molecule has 146 valence electrons. The van der Waals surface area contributed by atoms with Crippen LogP contribution in [0.4, 0.5) is 5.69 Å². The van der Waals surface area contributed by atoms with E-state index in [1.807, 2.05) is 0 Å². The lowest BCUT2D eigenvalue weighted by molar-refractivity contribution is -0.123. The Hall–Kier alpha value is -3.26. The van der Waals surface area contributed by atoms with Crippen molar-refractivity contribution >= 4 is 40.3 Å². The number of nitrogens with zero attached hydrogens (tertiary/aromatic N) is 1. The molecule has 8 nitrogen and oxygen atoms in total. The number of carbonyl (C=O) groups excluding carboxylic acids is 2. The average Bonchev–Trinajstić information content (AvgIpc) is 3.15. The SMILES string of the molecule is COc1cc(OC)c(NC(=O)C(C)OC(=O)c2ccc3ocnc3c2)cc1Cl. The van der Waals surface area contributed by atoms with Crippen LogP contribution in [0.3, 0.4) is 0 Å². The molecule has 1 heterocycles. The minimum Gasteiger partial charge on any atom is -0.495 e. The number of hydrogen-bond acceptors (Lipinski definition) is 7. The summed E-state index contributed by atoms with van der Waals surface area (Å²) in [5.41, 5.74) is 1.64. The molecule has 0 spiro atoms. The zero-order chi connectivity index (χ0) is 20.3. The summed E-state index contributed by atoms with van der Waals surface area (Å²) < 4.78 is 20.7. The summed E-state index contributed by atoms with van der Waals surface area (Å²) in [4.78, 5) is 28.7. The minimum atomic E-state index is -1.06. The second-order valence-electron chi connectivity index (χ2n) is 5.76. The number of carbonyl (C=O) groups is 2. The monoisotopic (exact) mass is 404 g/mol. The molecule has 1 N–H and O–H groups in total. The van der Waals surface area contributed by atoms with Gasteiger partial charge in [0.2, 0.25) is 0 Å². The molecule has 1 amide bonds. The van der Waals surface area contributed by atoms with Gasteiger partial charge in [0.15, 0.2) is 18.1 Å². The van der Waals surface area contributed by atoms with Crippen LogP contribution >= 0.6 is 11.6 Å². The van der Waals surface area contributed by atoms with Crippen LogP contribution in [0.25, 0.3) is 11.1 Å². The molecule has 0 saturated carbocycles. The molecule has 28 heavy (non-hydrogen) atoms. The predicted octanol–water partition coefficient (Wildman–Crippen LogP) is 3.68. The Morgan fingerprint density at radius 1 is 1.14 bits per heavy atom. The second-order valence-corrected chi connectivity index (χ2v) is 6.17. The lowest BCUT2D eigenvalue weighted by atomic mass is 10.2. The molecular weight excluding hydrogens is 388 g/mol. The largest absolute Gasteiger partial charge is 0.495 e. The topological polar surface area (TPSA) is 99.9 Å². The van der Waals surface area contributed by atoms with E-state index >= 15 is 0 Å². The quantitative estimate of drug-likeness (QED) is 0.625. The summed E-state index contributed by atoms with van der Waals surface area (Å²) in [5, 5.41) is 2.92. The normalized spacial score (nSPS) is 11.7. The second kappa shape index (κ2) is 8.18. The molecule has 1 unspecified atom stereocenters. The first-order valence-electron chi connectivity index (χ1n) is 8.19. The highest BCUT2D eigenvalue weighted by Crippen LogP contribution is 2.36. The van der Waals surface area contributed by atoms with E-state index in [1.165, 1.54) is 45.7 Å². The first kappa shape index (κ1) is 19.5. The van der Waals surface area contributed by atoms with Crippen molar-refractivity contribution in [2.45, 2.75) is 13.0 Å². The van der Waals surface area contributed by atoms with Crippen molar-refractivity contribution in [1.82, 2.24) is 4.98 Å². The van der Waals surface area contributed by atoms with Crippen molar-refractivity contribution in [1.29, 1.82) is 0 Å². The van der Waals surface area contributed by atoms with Gasteiger partial charge in [-0.25, -0.2) is 9.78 Å². The van der Waals surface area contributed by atoms with Crippen molar-refractivity contribution in [2.75, 3.05) is 19.5 Å². The number of benzene rings is 2. The molecule has 3 rings (SSSR count). The number of hydrogen-bond donors (Lipinski definition) is 1. The van der Waals surface area contributed by atoms with Crippen LogP contribution in [-0.4, -0.2) is 37.2 Å². The van der Waals surface area contributed by atoms with Crippen molar-refractivity contribution in [3.63, 3.8) is 0 Å². The number of oxazole rings is 1. The molecule has 9 heteroatoms. The number of anilines is 1. The fourth-order valence-corrected chi connectivity index (χ4v) is 2.70. The number of amides is 1. The first-order chi connectivity index (χ1) is 13.4. The van der Waals surface area contributed by atoms with Crippen molar-refractivity contribution in [2.24, 2.45) is 0 Å². The Bertz CT molecular complexity index is 1030. The number of esters is 1. The zero-order valence-corrected chi connectivity index (χ0v) is 16.1. The van der Waals surface area contributed by atoms with Gasteiger partial charge in [-0.2, -0.15) is 0 Å². The maximum atomic E-state index is 12.4. The van der Waals surface area contributed by atoms with Crippen LogP contribution < -0.4 is 14.8 Å². The number of nitrogens with one attached hydrogen (secondary N) is 1. The molecular formula is C19H17ClN2O6. The van der Waals surface area contributed by atoms with E-state index in [2.05, 4.69) is 10.3 Å². The molecule has 3 aromatic rings. The smallest absolute Gasteiger partial charge is 0.338 e. The standard InChI is InChI=1S/C19H17ClN2O6/c1-10(28-19(24)11-4-5-15-13(6-11)21-9-27-15)18(23)22-14-7-12(20)16(25-2)8-17(14)26-3/h4-10H,1-3H3,(H,22,23). The zero-order valence-electron chi connectivity index (χ0n) is 15.3. The Labute approximate surface area is 165 Å². The van der Waals surface area contributed by atoms with Gasteiger partial charge in [-0.05, 0) is 31.2 Å². The van der Waals surface area contributed by atoms with E-state index < -0.39 is 18.0 Å². The molecule has 1 atom stereocenters. The highest BCUT2D eigenvalue weighted by molar-refractivity contribution is 6.32. The fourth-order valence-electron chi connectivity index (χ4n) is 2.46. The van der Waals surface area contributed by atoms with Crippen molar-refractivity contribution < 1.29 is 28.2 Å². The van der Waals surface area contributed by atoms with Gasteiger partial charge < -0.3 is 23.9 Å². The van der Waals surface area contributed by atoms with Gasteiger partial charge >= 0.3 is 5.97 Å². The van der Waals surface area contributed by atoms with Gasteiger partial charge in [-0.15, -0.1) is 0 Å². The number of ether oxygens (including phenoxy) is 3. The predicted molar refractivity (Wildman–Crippen MR) is 102 cm³/mol. The van der Waals surface area contributed by atoms with Crippen LogP contribution in [0.2, 0.25) is 5.02 Å². The number of rotatable bonds is 6. The molecule has 1 aromatic heterocycles. The van der Waals surface area contributed by atoms with Gasteiger partial charge in [-0.3, -0.25) is 4.79 Å². The van der Waals surface area contributed by atoms with Crippen LogP contribution in [-0.2, 0) is 9.53 Å². The summed E-state index contributed by atoms with van der Waals surface area (Å²) in [6.45, 7) is 1.46. The fraction of sp³-hybridized carbons (Fsp3) is 0.211. The van der Waals surface area contributed by atoms with Crippen LogP contribution in [0.5, 0.6) is 11.5 Å². The molecule has 0 aliphatic carbocycles. The third-order valence-electron chi connectivity index (χ3n) is 3.95. The van der Waals surface area contributed by atoms with E-state index in [4.69, 9.17) is 30.2 Å². The lowest BCUT2D eigenvalue weighted by Gasteiger charge is -2.16. The molecule has 0 aliphatic heterocycles. The van der Waals surface area contributed by atoms with E-state index in [0.717, 1.165) is 0 Å². The average molecular weight is 405 g/mol. The minimum absolute atomic E-state index is 0.256. The summed E-state index contributed by atoms with van der Waals surface area (Å²) in [6.07, 6.45) is 0.217. The van der Waals surface area contributed by atoms with E-state index in [9.17, 15) is 9.59 Å². The summed E-state index contributed by atoms with van der Waals surface area (Å²) in [6, 6.07) is 7.70. The van der Waals surface area contributed by atoms with Crippen molar-refractivity contribution in [3.05, 3.63) is 47.3 Å². The number of halogens is 1. The Balaban J connectivity index is 1.70. The Morgan fingerprint density at radius 2 is 1.89 bits per heavy atom. The Morgan fingerprint density at radius 3 is 2.61 bits per heavy atom. The highest BCUT2D eigenvalue weighted by Gasteiger charge is 2.21. The number of methoxy groups -OCH3 is 2. The van der Waals surface area contributed by atoms with Crippen LogP contribution in [0.15, 0.2) is 41.1 Å². The summed E-state index contributed by atoms with van der Waals surface area (Å²) >= 11 is 6.09. The molecule has 0 radical (unpaired) electrons. The Kier molecular flexibility index (Phi) is 5.70.